The number of amides is 1. The molecule has 0 radical (unpaired) electrons. The summed E-state index contributed by atoms with van der Waals surface area (Å²) in [5.74, 6) is 5.59. The molecule has 0 unspecified atom stereocenters. The smallest absolute Gasteiger partial charge is 0.227 e. The van der Waals surface area contributed by atoms with E-state index in [0.29, 0.717) is 18.2 Å². The zero-order valence-corrected chi connectivity index (χ0v) is 6.52. The number of carbonyl (C=O) groups is 1. The summed E-state index contributed by atoms with van der Waals surface area (Å²) in [6, 6.07) is 0. The van der Waals surface area contributed by atoms with E-state index in [-0.39, 0.29) is 6.61 Å². The van der Waals surface area contributed by atoms with Gasteiger partial charge < -0.3 is 0 Å². The van der Waals surface area contributed by atoms with Crippen LogP contribution in [0, 0.1) is 0 Å². The molecule has 7 heteroatoms. The highest BCUT2D eigenvalue weighted by molar-refractivity contribution is 5.66. The van der Waals surface area contributed by atoms with Gasteiger partial charge in [0.2, 0.25) is 12.4 Å². The molecule has 0 fully saturated rings. The van der Waals surface area contributed by atoms with Crippen LogP contribution >= 0.6 is 0 Å². The summed E-state index contributed by atoms with van der Waals surface area (Å²) in [6.07, 6.45) is 0.525. The van der Waals surface area contributed by atoms with Crippen molar-refractivity contribution in [3.05, 3.63) is 5.82 Å². The molecule has 1 rings (SSSR count). The van der Waals surface area contributed by atoms with Gasteiger partial charge in [0.05, 0.1) is 0 Å². The quantitative estimate of drug-likeness (QED) is 0.437. The van der Waals surface area contributed by atoms with E-state index in [1.54, 1.807) is 7.05 Å². The first-order chi connectivity index (χ1) is 5.77. The number of hydrogen-bond acceptors (Lipinski definition) is 5. The lowest BCUT2D eigenvalue weighted by atomic mass is 10.7. The Hall–Kier alpha value is -1.47. The normalized spacial score (nSPS) is 9.83. The van der Waals surface area contributed by atoms with Crippen molar-refractivity contribution in [2.45, 2.75) is 6.61 Å². The minimum absolute atomic E-state index is 0.119. The monoisotopic (exact) mass is 171 g/mol. The Morgan fingerprint density at radius 3 is 3.17 bits per heavy atom. The SMILES string of the molecule is Cn1nc(CON)nc1NC=O. The van der Waals surface area contributed by atoms with Crippen molar-refractivity contribution in [2.24, 2.45) is 12.9 Å². The summed E-state index contributed by atoms with van der Waals surface area (Å²) in [7, 11) is 1.65. The van der Waals surface area contributed by atoms with Crippen molar-refractivity contribution in [3.63, 3.8) is 0 Å². The van der Waals surface area contributed by atoms with E-state index in [0.717, 1.165) is 0 Å². The average Bonchev–Trinajstić information content (AvgIpc) is 2.34. The predicted octanol–water partition coefficient (Wildman–Crippen LogP) is -1.23. The lowest BCUT2D eigenvalue weighted by Gasteiger charge is -1.92. The second-order valence-electron chi connectivity index (χ2n) is 2.05. The molecule has 0 saturated carbocycles. The van der Waals surface area contributed by atoms with Gasteiger partial charge in [-0.2, -0.15) is 10.1 Å². The maximum Gasteiger partial charge on any atom is 0.227 e. The van der Waals surface area contributed by atoms with Crippen molar-refractivity contribution in [1.29, 1.82) is 0 Å². The molecule has 0 aliphatic rings. The summed E-state index contributed by atoms with van der Waals surface area (Å²) >= 11 is 0. The number of rotatable bonds is 4. The minimum atomic E-state index is 0.119. The highest BCUT2D eigenvalue weighted by Gasteiger charge is 2.04. The molecule has 0 saturated heterocycles. The van der Waals surface area contributed by atoms with E-state index in [2.05, 4.69) is 20.2 Å². The number of anilines is 1. The second kappa shape index (κ2) is 3.79. The van der Waals surface area contributed by atoms with Gasteiger partial charge >= 0.3 is 0 Å². The van der Waals surface area contributed by atoms with Crippen LogP contribution in [0.25, 0.3) is 0 Å². The standard InChI is InChI=1S/C5H9N5O2/c1-10-5(7-3-11)8-4(9-10)2-12-6/h3H,2,6H2,1H3,(H,7,8,9,11). The fourth-order valence-electron chi connectivity index (χ4n) is 0.752. The fraction of sp³-hybridized carbons (Fsp3) is 0.400. The van der Waals surface area contributed by atoms with Gasteiger partial charge in [0.1, 0.15) is 6.61 Å². The van der Waals surface area contributed by atoms with Gasteiger partial charge in [-0.05, 0) is 0 Å². The highest BCUT2D eigenvalue weighted by Crippen LogP contribution is 2.01. The molecule has 0 aliphatic heterocycles. The molecule has 7 nitrogen and oxygen atoms in total. The third kappa shape index (κ3) is 1.77. The number of aromatic nitrogens is 3. The second-order valence-corrected chi connectivity index (χ2v) is 2.05. The van der Waals surface area contributed by atoms with E-state index in [1.807, 2.05) is 0 Å². The number of nitrogens with one attached hydrogen (secondary N) is 1. The van der Waals surface area contributed by atoms with E-state index < -0.39 is 0 Å². The molecule has 0 atom stereocenters. The summed E-state index contributed by atoms with van der Waals surface area (Å²) in [4.78, 5) is 18.3. The number of nitrogens with two attached hydrogens (primary N) is 1. The third-order valence-corrected chi connectivity index (χ3v) is 1.21. The number of nitrogens with zero attached hydrogens (tertiary/aromatic N) is 3. The predicted molar refractivity (Wildman–Crippen MR) is 39.7 cm³/mol. The maximum absolute atomic E-state index is 10.0. The summed E-state index contributed by atoms with van der Waals surface area (Å²) in [5, 5.41) is 6.27. The number of hydrogen-bond donors (Lipinski definition) is 2. The van der Waals surface area contributed by atoms with Crippen LogP contribution in [0.2, 0.25) is 0 Å². The Labute approximate surface area is 68.5 Å². The lowest BCUT2D eigenvalue weighted by molar-refractivity contribution is -0.105. The van der Waals surface area contributed by atoms with Gasteiger partial charge in [-0.1, -0.05) is 0 Å². The summed E-state index contributed by atoms with van der Waals surface area (Å²) in [6.45, 7) is 0.119. The van der Waals surface area contributed by atoms with Gasteiger partial charge in [-0.25, -0.2) is 10.6 Å². The molecule has 0 aromatic carbocycles. The maximum atomic E-state index is 10.0. The van der Waals surface area contributed by atoms with Gasteiger partial charge in [0, 0.05) is 7.05 Å². The van der Waals surface area contributed by atoms with Crippen LogP contribution in [0.4, 0.5) is 5.95 Å². The molecular formula is C5H9N5O2. The van der Waals surface area contributed by atoms with Crippen LogP contribution in [0.5, 0.6) is 0 Å². The van der Waals surface area contributed by atoms with Crippen molar-refractivity contribution >= 4 is 12.4 Å². The zero-order valence-electron chi connectivity index (χ0n) is 6.52. The Bertz CT molecular complexity index is 271. The largest absolute Gasteiger partial charge is 0.297 e. The molecule has 0 bridgehead atoms. The molecule has 1 amide bonds. The Morgan fingerprint density at radius 2 is 2.58 bits per heavy atom. The molecule has 1 aromatic heterocycles. The van der Waals surface area contributed by atoms with Crippen molar-refractivity contribution in [1.82, 2.24) is 14.8 Å². The fourth-order valence-corrected chi connectivity index (χ4v) is 0.752. The van der Waals surface area contributed by atoms with Crippen LogP contribution in [0.1, 0.15) is 5.82 Å². The van der Waals surface area contributed by atoms with Crippen LogP contribution in [0.3, 0.4) is 0 Å². The van der Waals surface area contributed by atoms with Gasteiger partial charge in [0.25, 0.3) is 0 Å². The first-order valence-electron chi connectivity index (χ1n) is 3.19. The van der Waals surface area contributed by atoms with Crippen molar-refractivity contribution in [2.75, 3.05) is 5.32 Å². The van der Waals surface area contributed by atoms with E-state index in [1.165, 1.54) is 4.68 Å². The first kappa shape index (κ1) is 8.62. The van der Waals surface area contributed by atoms with E-state index >= 15 is 0 Å². The molecule has 1 aromatic rings. The van der Waals surface area contributed by atoms with Crippen LogP contribution in [0.15, 0.2) is 0 Å². The van der Waals surface area contributed by atoms with Crippen molar-refractivity contribution in [3.8, 4) is 0 Å². The highest BCUT2D eigenvalue weighted by atomic mass is 16.6. The molecular weight excluding hydrogens is 162 g/mol. The number of carbonyl (C=O) groups excluding carboxylic acids is 1. The third-order valence-electron chi connectivity index (χ3n) is 1.21. The average molecular weight is 171 g/mol. The van der Waals surface area contributed by atoms with E-state index in [4.69, 9.17) is 5.90 Å². The lowest BCUT2D eigenvalue weighted by Crippen LogP contribution is -2.02. The molecule has 3 N–H and O–H groups in total. The zero-order chi connectivity index (χ0) is 8.97. The Kier molecular flexibility index (Phi) is 2.72. The summed E-state index contributed by atoms with van der Waals surface area (Å²) in [5.41, 5.74) is 0. The van der Waals surface area contributed by atoms with E-state index in [9.17, 15) is 4.79 Å². The minimum Gasteiger partial charge on any atom is -0.297 e. The number of aryl methyl sites for hydroxylation is 1. The van der Waals surface area contributed by atoms with Crippen LogP contribution in [-0.2, 0) is 23.3 Å². The molecule has 1 heterocycles. The van der Waals surface area contributed by atoms with Crippen LogP contribution < -0.4 is 11.2 Å². The molecule has 12 heavy (non-hydrogen) atoms. The summed E-state index contributed by atoms with van der Waals surface area (Å²) < 4.78 is 1.42. The molecule has 66 valence electrons. The molecule has 0 aliphatic carbocycles. The Balaban J connectivity index is 2.77. The van der Waals surface area contributed by atoms with Gasteiger partial charge in [-0.15, -0.1) is 0 Å². The molecule has 0 spiro atoms. The van der Waals surface area contributed by atoms with Gasteiger partial charge in [0.15, 0.2) is 5.82 Å². The van der Waals surface area contributed by atoms with Crippen LogP contribution in [-0.4, -0.2) is 21.2 Å². The van der Waals surface area contributed by atoms with Crippen molar-refractivity contribution < 1.29 is 9.63 Å². The topological polar surface area (TPSA) is 95.1 Å². The Morgan fingerprint density at radius 1 is 1.83 bits per heavy atom. The van der Waals surface area contributed by atoms with Gasteiger partial charge in [-0.3, -0.25) is 14.9 Å². The first-order valence-corrected chi connectivity index (χ1v) is 3.19.